The molecule has 3 heterocycles. The summed E-state index contributed by atoms with van der Waals surface area (Å²) in [5.41, 5.74) is 0.638. The number of piperidine rings is 1. The fourth-order valence-corrected chi connectivity index (χ4v) is 4.50. The Balaban J connectivity index is 1.35. The first-order chi connectivity index (χ1) is 14.0. The highest BCUT2D eigenvalue weighted by molar-refractivity contribution is 5.92. The van der Waals surface area contributed by atoms with Crippen molar-refractivity contribution in [3.05, 3.63) is 36.7 Å². The lowest BCUT2D eigenvalue weighted by atomic mass is 9.94. The van der Waals surface area contributed by atoms with Gasteiger partial charge in [0.25, 0.3) is 0 Å². The molecule has 154 valence electrons. The van der Waals surface area contributed by atoms with Crippen LogP contribution in [0.15, 0.2) is 31.1 Å². The van der Waals surface area contributed by atoms with Crippen molar-refractivity contribution in [2.45, 2.75) is 50.0 Å². The molecule has 2 aliphatic heterocycles. The lowest BCUT2D eigenvalue weighted by Crippen LogP contribution is -2.59. The molecule has 29 heavy (non-hydrogen) atoms. The van der Waals surface area contributed by atoms with Crippen LogP contribution in [-0.2, 0) is 9.59 Å². The number of nitrogens with zero attached hydrogens (tertiary/aromatic N) is 3. The van der Waals surface area contributed by atoms with Crippen molar-refractivity contribution in [1.82, 2.24) is 20.2 Å². The van der Waals surface area contributed by atoms with Gasteiger partial charge in [-0.1, -0.05) is 6.08 Å². The predicted octanol–water partition coefficient (Wildman–Crippen LogP) is 1.91. The van der Waals surface area contributed by atoms with Crippen molar-refractivity contribution in [2.75, 3.05) is 7.11 Å². The number of carbonyl (C=O) groups excluding carboxylic acids is 2. The second-order valence-corrected chi connectivity index (χ2v) is 7.92. The van der Waals surface area contributed by atoms with E-state index >= 15 is 4.39 Å². The Morgan fingerprint density at radius 2 is 2.07 bits per heavy atom. The molecule has 1 saturated carbocycles. The van der Waals surface area contributed by atoms with Crippen LogP contribution in [0.1, 0.15) is 31.2 Å². The van der Waals surface area contributed by atoms with Gasteiger partial charge in [0, 0.05) is 36.0 Å². The van der Waals surface area contributed by atoms with Gasteiger partial charge in [-0.05, 0) is 37.7 Å². The van der Waals surface area contributed by atoms with Crippen molar-refractivity contribution in [2.24, 2.45) is 11.8 Å². The van der Waals surface area contributed by atoms with Crippen LogP contribution in [-0.4, -0.2) is 58.1 Å². The molecule has 3 aliphatic rings. The van der Waals surface area contributed by atoms with Crippen molar-refractivity contribution >= 4 is 17.9 Å². The molecule has 2 amide bonds. The van der Waals surface area contributed by atoms with E-state index in [1.54, 1.807) is 11.0 Å². The summed E-state index contributed by atoms with van der Waals surface area (Å²) in [5.74, 6) is -0.135. The number of methoxy groups -OCH3 is 1. The third-order valence-corrected chi connectivity index (χ3v) is 6.12. The van der Waals surface area contributed by atoms with E-state index in [1.165, 1.54) is 25.6 Å². The summed E-state index contributed by atoms with van der Waals surface area (Å²) in [6.45, 7) is 3.75. The summed E-state index contributed by atoms with van der Waals surface area (Å²) >= 11 is 0. The molecule has 0 aromatic carbocycles. The standard InChI is InChI=1S/C21H25FN4O3/c1-3-13-8-15(13)20(28)26-14-5-6-17(26)19(22)16(9-14)25-18(27)7-4-12-10-23-21(29-2)24-11-12/h3-4,7,10-11,13-17,19H,1,5-6,8-9H2,2H3,(H,25,27)/b7-4+/t13-,14+,15-,16-,17-,19+/m1/s1. The average molecular weight is 400 g/mol. The lowest BCUT2D eigenvalue weighted by molar-refractivity contribution is -0.140. The van der Waals surface area contributed by atoms with E-state index in [1.807, 2.05) is 6.08 Å². The second kappa shape index (κ2) is 7.93. The van der Waals surface area contributed by atoms with E-state index in [4.69, 9.17) is 4.74 Å². The van der Waals surface area contributed by atoms with Gasteiger partial charge in [-0.25, -0.2) is 14.4 Å². The van der Waals surface area contributed by atoms with E-state index in [2.05, 4.69) is 21.9 Å². The number of fused-ring (bicyclic) bond motifs is 2. The first-order valence-electron chi connectivity index (χ1n) is 9.95. The van der Waals surface area contributed by atoms with Crippen molar-refractivity contribution < 1.29 is 18.7 Å². The number of ether oxygens (including phenoxy) is 1. The molecule has 0 spiro atoms. The summed E-state index contributed by atoms with van der Waals surface area (Å²) in [5, 5.41) is 2.77. The number of aromatic nitrogens is 2. The Morgan fingerprint density at radius 1 is 1.31 bits per heavy atom. The van der Waals surface area contributed by atoms with Gasteiger partial charge < -0.3 is 15.0 Å². The minimum atomic E-state index is -1.26. The van der Waals surface area contributed by atoms with Gasteiger partial charge in [-0.3, -0.25) is 9.59 Å². The number of halogens is 1. The second-order valence-electron chi connectivity index (χ2n) is 7.92. The maximum atomic E-state index is 15.1. The Hall–Kier alpha value is -2.77. The van der Waals surface area contributed by atoms with Gasteiger partial charge in [0.05, 0.1) is 19.2 Å². The summed E-state index contributed by atoms with van der Waals surface area (Å²) in [7, 11) is 1.47. The third kappa shape index (κ3) is 3.88. The molecule has 1 N–H and O–H groups in total. The molecule has 3 fully saturated rings. The molecule has 1 aromatic rings. The molecular weight excluding hydrogens is 375 g/mol. The fourth-order valence-electron chi connectivity index (χ4n) is 4.50. The highest BCUT2D eigenvalue weighted by atomic mass is 19.1. The maximum Gasteiger partial charge on any atom is 0.316 e. The van der Waals surface area contributed by atoms with Crippen LogP contribution in [0.5, 0.6) is 6.01 Å². The quantitative estimate of drug-likeness (QED) is 0.583. The van der Waals surface area contributed by atoms with E-state index < -0.39 is 18.3 Å². The molecule has 8 heteroatoms. The summed E-state index contributed by atoms with van der Waals surface area (Å²) in [6, 6.07) is -0.795. The minimum absolute atomic E-state index is 0.00478. The largest absolute Gasteiger partial charge is 0.467 e. The summed E-state index contributed by atoms with van der Waals surface area (Å²) in [6.07, 6.45) is 9.22. The Morgan fingerprint density at radius 3 is 2.72 bits per heavy atom. The summed E-state index contributed by atoms with van der Waals surface area (Å²) < 4.78 is 20.0. The Labute approximate surface area is 169 Å². The molecule has 2 saturated heterocycles. The van der Waals surface area contributed by atoms with Gasteiger partial charge in [0.1, 0.15) is 6.17 Å². The van der Waals surface area contributed by atoms with Crippen molar-refractivity contribution in [1.29, 1.82) is 0 Å². The zero-order valence-corrected chi connectivity index (χ0v) is 16.3. The van der Waals surface area contributed by atoms with Gasteiger partial charge in [0.15, 0.2) is 0 Å². The smallest absolute Gasteiger partial charge is 0.316 e. The molecule has 2 bridgehead atoms. The fraction of sp³-hybridized carbons (Fsp3) is 0.524. The third-order valence-electron chi connectivity index (χ3n) is 6.12. The number of hydrogen-bond donors (Lipinski definition) is 1. The zero-order chi connectivity index (χ0) is 20.5. The Bertz CT molecular complexity index is 828. The molecule has 6 atom stereocenters. The van der Waals surface area contributed by atoms with Gasteiger partial charge in [-0.2, -0.15) is 0 Å². The number of hydrogen-bond acceptors (Lipinski definition) is 5. The van der Waals surface area contributed by atoms with Crippen molar-refractivity contribution in [3.63, 3.8) is 0 Å². The van der Waals surface area contributed by atoms with Gasteiger partial charge in [-0.15, -0.1) is 6.58 Å². The molecule has 1 aromatic heterocycles. The van der Waals surface area contributed by atoms with Crippen LogP contribution in [0.4, 0.5) is 4.39 Å². The van der Waals surface area contributed by atoms with E-state index in [0.29, 0.717) is 18.4 Å². The number of rotatable bonds is 6. The molecule has 0 unspecified atom stereocenters. The van der Waals surface area contributed by atoms with Crippen LogP contribution in [0.25, 0.3) is 6.08 Å². The van der Waals surface area contributed by atoms with E-state index in [9.17, 15) is 9.59 Å². The van der Waals surface area contributed by atoms with Crippen LogP contribution in [0.2, 0.25) is 0 Å². The Kier molecular flexibility index (Phi) is 5.34. The first-order valence-corrected chi connectivity index (χ1v) is 9.95. The van der Waals surface area contributed by atoms with Crippen LogP contribution in [0.3, 0.4) is 0 Å². The lowest BCUT2D eigenvalue weighted by Gasteiger charge is -2.41. The molecule has 7 nitrogen and oxygen atoms in total. The zero-order valence-electron chi connectivity index (χ0n) is 16.3. The van der Waals surface area contributed by atoms with Crippen LogP contribution in [0, 0.1) is 11.8 Å². The highest BCUT2D eigenvalue weighted by Gasteiger charge is 2.54. The summed E-state index contributed by atoms with van der Waals surface area (Å²) in [4.78, 5) is 34.7. The SMILES string of the molecule is C=C[C@@H]1C[C@H]1C(=O)N1[C@H]2CC[C@@H]1[C@@H](F)[C@H](NC(=O)/C=C/c1cnc(OC)nc1)C2. The maximum absolute atomic E-state index is 15.1. The number of amides is 2. The molecule has 4 rings (SSSR count). The predicted molar refractivity (Wildman–Crippen MR) is 105 cm³/mol. The molecule has 0 radical (unpaired) electrons. The molecular formula is C21H25FN4O3. The highest BCUT2D eigenvalue weighted by Crippen LogP contribution is 2.45. The number of alkyl halides is 1. The average Bonchev–Trinajstić information content (AvgIpc) is 3.45. The topological polar surface area (TPSA) is 84.4 Å². The normalized spacial score (nSPS) is 32.8. The van der Waals surface area contributed by atoms with E-state index in [0.717, 1.165) is 12.8 Å². The molecule has 1 aliphatic carbocycles. The van der Waals surface area contributed by atoms with Gasteiger partial charge >= 0.3 is 6.01 Å². The number of nitrogens with one attached hydrogen (secondary N) is 1. The van der Waals surface area contributed by atoms with E-state index in [-0.39, 0.29) is 35.7 Å². The van der Waals surface area contributed by atoms with Crippen molar-refractivity contribution in [3.8, 4) is 6.01 Å². The first kappa shape index (κ1) is 19.5. The van der Waals surface area contributed by atoms with Gasteiger partial charge in [0.2, 0.25) is 11.8 Å². The number of carbonyl (C=O) groups is 2. The van der Waals surface area contributed by atoms with Crippen LogP contribution < -0.4 is 10.1 Å². The monoisotopic (exact) mass is 400 g/mol. The van der Waals surface area contributed by atoms with Crippen LogP contribution >= 0.6 is 0 Å². The minimum Gasteiger partial charge on any atom is -0.467 e. The number of allylic oxidation sites excluding steroid dienone is 1.